The first-order valence-corrected chi connectivity index (χ1v) is 16.1. The Hall–Kier alpha value is -0.260. The van der Waals surface area contributed by atoms with E-state index in [1.807, 2.05) is 0 Å². The molecule has 0 aromatic carbocycles. The van der Waals surface area contributed by atoms with Gasteiger partial charge in [-0.3, -0.25) is 0 Å². The molecule has 0 heterocycles. The summed E-state index contributed by atoms with van der Waals surface area (Å²) >= 11 is 0. The number of rotatable bonds is 29. The fourth-order valence-electron chi connectivity index (χ4n) is 4.97. The zero-order valence-electron chi connectivity index (χ0n) is 23.7. The highest BCUT2D eigenvalue weighted by atomic mass is 14.0. The quantitative estimate of drug-likeness (QED) is 0.0765. The van der Waals surface area contributed by atoms with Gasteiger partial charge in [0.25, 0.3) is 0 Å². The fraction of sp³-hybridized carbons (Fsp3) is 0.939. The Balaban J connectivity index is 3.05. The Morgan fingerprint density at radius 2 is 0.424 bits per heavy atom. The van der Waals surface area contributed by atoms with Gasteiger partial charge in [0.05, 0.1) is 0 Å². The van der Waals surface area contributed by atoms with E-state index in [1.165, 1.54) is 186 Å². The van der Waals surface area contributed by atoms with Gasteiger partial charge in [0.1, 0.15) is 0 Å². The molecule has 198 valence electrons. The van der Waals surface area contributed by atoms with Gasteiger partial charge in [0, 0.05) is 0 Å². The maximum atomic E-state index is 2.45. The second kappa shape index (κ2) is 31.7. The average Bonchev–Trinajstić information content (AvgIpc) is 2.83. The predicted octanol–water partition coefficient (Wildman–Crippen LogP) is 12.9. The summed E-state index contributed by atoms with van der Waals surface area (Å²) in [5.41, 5.74) is 0. The Morgan fingerprint density at radius 1 is 0.242 bits per heavy atom. The van der Waals surface area contributed by atoms with Gasteiger partial charge in [-0.1, -0.05) is 187 Å². The summed E-state index contributed by atoms with van der Waals surface area (Å²) in [6.45, 7) is 4.60. The smallest absolute Gasteiger partial charge is 0.0351 e. The van der Waals surface area contributed by atoms with Crippen LogP contribution in [0.1, 0.15) is 200 Å². The predicted molar refractivity (Wildman–Crippen MR) is 154 cm³/mol. The van der Waals surface area contributed by atoms with Crippen LogP contribution in [0.25, 0.3) is 0 Å². The van der Waals surface area contributed by atoms with Gasteiger partial charge in [0.15, 0.2) is 0 Å². The van der Waals surface area contributed by atoms with Crippen molar-refractivity contribution in [1.82, 2.24) is 0 Å². The molecule has 0 amide bonds. The van der Waals surface area contributed by atoms with E-state index in [-0.39, 0.29) is 0 Å². The first-order valence-electron chi connectivity index (χ1n) is 16.1. The summed E-state index contributed by atoms with van der Waals surface area (Å²) in [6, 6.07) is 0. The minimum absolute atomic E-state index is 1.31. The third-order valence-electron chi connectivity index (χ3n) is 7.37. The fourth-order valence-corrected chi connectivity index (χ4v) is 4.97. The lowest BCUT2D eigenvalue weighted by Gasteiger charge is -2.04. The van der Waals surface area contributed by atoms with Crippen LogP contribution in [-0.2, 0) is 0 Å². The molecular formula is C33H66. The highest BCUT2D eigenvalue weighted by Crippen LogP contribution is 2.15. The molecule has 0 aliphatic rings. The highest BCUT2D eigenvalue weighted by Gasteiger charge is 1.95. The van der Waals surface area contributed by atoms with Crippen molar-refractivity contribution in [1.29, 1.82) is 0 Å². The summed E-state index contributed by atoms with van der Waals surface area (Å²) in [5.74, 6) is 0. The molecule has 0 radical (unpaired) electrons. The van der Waals surface area contributed by atoms with Crippen LogP contribution in [0.5, 0.6) is 0 Å². The molecule has 0 fully saturated rings. The molecule has 33 heavy (non-hydrogen) atoms. The molecule has 0 spiro atoms. The molecule has 0 bridgehead atoms. The zero-order valence-corrected chi connectivity index (χ0v) is 23.7. The monoisotopic (exact) mass is 463 g/mol. The minimum Gasteiger partial charge on any atom is -0.0885 e. The van der Waals surface area contributed by atoms with Crippen LogP contribution in [-0.4, -0.2) is 0 Å². The molecular weight excluding hydrogens is 396 g/mol. The molecule has 0 aromatic heterocycles. The Labute approximate surface area is 212 Å². The van der Waals surface area contributed by atoms with E-state index in [2.05, 4.69) is 26.0 Å². The van der Waals surface area contributed by atoms with Gasteiger partial charge in [0.2, 0.25) is 0 Å². The van der Waals surface area contributed by atoms with Crippen molar-refractivity contribution in [3.63, 3.8) is 0 Å². The van der Waals surface area contributed by atoms with E-state index < -0.39 is 0 Å². The Kier molecular flexibility index (Phi) is 31.5. The summed E-state index contributed by atoms with van der Waals surface area (Å²) < 4.78 is 0. The van der Waals surface area contributed by atoms with E-state index in [0.29, 0.717) is 0 Å². The summed E-state index contributed by atoms with van der Waals surface area (Å²) in [6.07, 6.45) is 46.9. The van der Waals surface area contributed by atoms with Crippen molar-refractivity contribution in [2.45, 2.75) is 200 Å². The lowest BCUT2D eigenvalue weighted by Crippen LogP contribution is -1.84. The maximum absolute atomic E-state index is 2.45. The molecule has 0 N–H and O–H groups in total. The number of unbranched alkanes of at least 4 members (excludes halogenated alkanes) is 27. The molecule has 0 unspecified atom stereocenters. The molecule has 0 rings (SSSR count). The third-order valence-corrected chi connectivity index (χ3v) is 7.37. The van der Waals surface area contributed by atoms with Gasteiger partial charge in [-0.25, -0.2) is 0 Å². The van der Waals surface area contributed by atoms with Gasteiger partial charge >= 0.3 is 0 Å². The van der Waals surface area contributed by atoms with Crippen LogP contribution in [0, 0.1) is 0 Å². The first kappa shape index (κ1) is 32.7. The second-order valence-corrected chi connectivity index (χ2v) is 10.9. The Bertz CT molecular complexity index is 342. The van der Waals surface area contributed by atoms with Crippen molar-refractivity contribution < 1.29 is 0 Å². The van der Waals surface area contributed by atoms with E-state index in [1.54, 1.807) is 0 Å². The van der Waals surface area contributed by atoms with Crippen LogP contribution >= 0.6 is 0 Å². The van der Waals surface area contributed by atoms with E-state index in [9.17, 15) is 0 Å². The van der Waals surface area contributed by atoms with Crippen LogP contribution < -0.4 is 0 Å². The number of hydrogen-bond acceptors (Lipinski definition) is 0. The molecule has 0 saturated heterocycles. The van der Waals surface area contributed by atoms with Crippen LogP contribution in [0.4, 0.5) is 0 Å². The normalized spacial score (nSPS) is 11.7. The van der Waals surface area contributed by atoms with Crippen LogP contribution in [0.2, 0.25) is 0 Å². The lowest BCUT2D eigenvalue weighted by molar-refractivity contribution is 0.522. The van der Waals surface area contributed by atoms with Crippen molar-refractivity contribution >= 4 is 0 Å². The number of allylic oxidation sites excluding steroid dienone is 2. The van der Waals surface area contributed by atoms with Crippen molar-refractivity contribution in [3.8, 4) is 0 Å². The average molecular weight is 463 g/mol. The van der Waals surface area contributed by atoms with E-state index in [4.69, 9.17) is 0 Å². The zero-order chi connectivity index (χ0) is 23.9. The van der Waals surface area contributed by atoms with Crippen molar-refractivity contribution in [3.05, 3.63) is 12.2 Å². The molecule has 0 saturated carbocycles. The molecule has 0 nitrogen and oxygen atoms in total. The molecule has 0 aromatic rings. The van der Waals surface area contributed by atoms with Crippen LogP contribution in [0.15, 0.2) is 12.2 Å². The summed E-state index contributed by atoms with van der Waals surface area (Å²) in [7, 11) is 0. The van der Waals surface area contributed by atoms with Gasteiger partial charge in [-0.05, 0) is 25.7 Å². The highest BCUT2D eigenvalue weighted by molar-refractivity contribution is 4.81. The van der Waals surface area contributed by atoms with Crippen molar-refractivity contribution in [2.24, 2.45) is 0 Å². The van der Waals surface area contributed by atoms with E-state index >= 15 is 0 Å². The van der Waals surface area contributed by atoms with Gasteiger partial charge < -0.3 is 0 Å². The van der Waals surface area contributed by atoms with Gasteiger partial charge in [-0.2, -0.15) is 0 Å². The van der Waals surface area contributed by atoms with Crippen LogP contribution in [0.3, 0.4) is 0 Å². The minimum atomic E-state index is 1.31. The largest absolute Gasteiger partial charge is 0.0885 e. The number of hydrogen-bond donors (Lipinski definition) is 0. The van der Waals surface area contributed by atoms with E-state index in [0.717, 1.165) is 0 Å². The Morgan fingerprint density at radius 3 is 0.636 bits per heavy atom. The molecule has 0 heteroatoms. The summed E-state index contributed by atoms with van der Waals surface area (Å²) in [5, 5.41) is 0. The topological polar surface area (TPSA) is 0 Å². The molecule has 0 atom stereocenters. The first-order chi connectivity index (χ1) is 16.4. The SMILES string of the molecule is CCCCCCCCC/C=C/CCCCCCCCCCCCCCCCCCCCCC. The lowest BCUT2D eigenvalue weighted by atomic mass is 10.0. The van der Waals surface area contributed by atoms with Crippen molar-refractivity contribution in [2.75, 3.05) is 0 Å². The summed E-state index contributed by atoms with van der Waals surface area (Å²) in [4.78, 5) is 0. The molecule has 0 aliphatic heterocycles. The maximum Gasteiger partial charge on any atom is -0.0351 e. The third kappa shape index (κ3) is 31.7. The molecule has 0 aliphatic carbocycles. The standard InChI is InChI=1S/C33H66/c1-3-5-7-9-11-13-15-17-19-21-23-25-27-29-31-33-32-30-28-26-24-22-20-18-16-14-12-10-8-6-4-2/h19,21H,3-18,20,22-33H2,1-2H3/b21-19+. The second-order valence-electron chi connectivity index (χ2n) is 10.9. The van der Waals surface area contributed by atoms with Gasteiger partial charge in [-0.15, -0.1) is 0 Å².